The molecular formula is C13H20ClN3O. The van der Waals surface area contributed by atoms with E-state index in [1.165, 1.54) is 0 Å². The average molecular weight is 270 g/mol. The smallest absolute Gasteiger partial charge is 0.234 e. The van der Waals surface area contributed by atoms with Crippen LogP contribution in [0.1, 0.15) is 19.4 Å². The first-order valence-electron chi connectivity index (χ1n) is 6.09. The number of hydrogen-bond acceptors (Lipinski definition) is 3. The first kappa shape index (κ1) is 14.8. The van der Waals surface area contributed by atoms with Crippen LogP contribution in [0.25, 0.3) is 0 Å². The van der Waals surface area contributed by atoms with Crippen molar-refractivity contribution in [2.75, 3.05) is 25.4 Å². The molecule has 0 aromatic heterocycles. The zero-order chi connectivity index (χ0) is 13.5. The lowest BCUT2D eigenvalue weighted by molar-refractivity contribution is -0.122. The molecule has 3 N–H and O–H groups in total. The van der Waals surface area contributed by atoms with Crippen molar-refractivity contribution in [1.82, 2.24) is 10.2 Å². The highest BCUT2D eigenvalue weighted by molar-refractivity contribution is 6.30. The number of hydrogen-bond donors (Lipinski definition) is 2. The maximum atomic E-state index is 11.5. The minimum absolute atomic E-state index is 0.0342. The molecule has 1 amide bonds. The number of halogens is 1. The van der Waals surface area contributed by atoms with Gasteiger partial charge >= 0.3 is 0 Å². The normalized spacial score (nSPS) is 10.7. The Balaban J connectivity index is 2.65. The second-order valence-corrected chi connectivity index (χ2v) is 4.54. The van der Waals surface area contributed by atoms with Crippen LogP contribution < -0.4 is 11.1 Å². The number of carbonyl (C=O) groups excluding carboxylic acids is 1. The van der Waals surface area contributed by atoms with Gasteiger partial charge in [0.2, 0.25) is 5.91 Å². The third-order valence-electron chi connectivity index (χ3n) is 2.69. The van der Waals surface area contributed by atoms with Crippen molar-refractivity contribution >= 4 is 23.2 Å². The van der Waals surface area contributed by atoms with Crippen molar-refractivity contribution in [1.29, 1.82) is 0 Å². The Hall–Kier alpha value is -1.26. The van der Waals surface area contributed by atoms with Crippen molar-refractivity contribution in [2.45, 2.75) is 20.4 Å². The van der Waals surface area contributed by atoms with Crippen LogP contribution in [0.2, 0.25) is 5.02 Å². The summed E-state index contributed by atoms with van der Waals surface area (Å²) in [6.07, 6.45) is 0. The van der Waals surface area contributed by atoms with Gasteiger partial charge in [0.15, 0.2) is 0 Å². The van der Waals surface area contributed by atoms with Crippen molar-refractivity contribution < 1.29 is 4.79 Å². The van der Waals surface area contributed by atoms with Gasteiger partial charge in [0.05, 0.1) is 6.54 Å². The molecule has 0 atom stereocenters. The predicted molar refractivity (Wildman–Crippen MR) is 75.5 cm³/mol. The summed E-state index contributed by atoms with van der Waals surface area (Å²) in [5.41, 5.74) is 7.56. The van der Waals surface area contributed by atoms with Crippen molar-refractivity contribution in [3.8, 4) is 0 Å². The molecule has 1 rings (SSSR count). The lowest BCUT2D eigenvalue weighted by Gasteiger charge is -2.20. The minimum Gasteiger partial charge on any atom is -0.398 e. The molecule has 1 aromatic rings. The van der Waals surface area contributed by atoms with Crippen molar-refractivity contribution in [3.63, 3.8) is 0 Å². The molecule has 0 bridgehead atoms. The molecule has 0 spiro atoms. The topological polar surface area (TPSA) is 58.4 Å². The van der Waals surface area contributed by atoms with E-state index in [1.807, 2.05) is 30.9 Å². The fourth-order valence-electron chi connectivity index (χ4n) is 1.69. The van der Waals surface area contributed by atoms with Gasteiger partial charge in [0.1, 0.15) is 0 Å². The SMILES string of the molecule is CCNC(=O)CN(CC)Cc1ccc(Cl)cc1N. The Morgan fingerprint density at radius 3 is 2.72 bits per heavy atom. The number of anilines is 1. The summed E-state index contributed by atoms with van der Waals surface area (Å²) < 4.78 is 0. The van der Waals surface area contributed by atoms with Gasteiger partial charge in [0.25, 0.3) is 0 Å². The van der Waals surface area contributed by atoms with Gasteiger partial charge in [-0.15, -0.1) is 0 Å². The van der Waals surface area contributed by atoms with Crippen LogP contribution in [-0.4, -0.2) is 30.4 Å². The van der Waals surface area contributed by atoms with Crippen LogP contribution in [0.4, 0.5) is 5.69 Å². The Morgan fingerprint density at radius 1 is 1.44 bits per heavy atom. The van der Waals surface area contributed by atoms with Gasteiger partial charge in [-0.2, -0.15) is 0 Å². The number of nitrogen functional groups attached to an aromatic ring is 1. The summed E-state index contributed by atoms with van der Waals surface area (Å²) in [4.78, 5) is 13.6. The largest absolute Gasteiger partial charge is 0.398 e. The second kappa shape index (κ2) is 7.24. The molecular weight excluding hydrogens is 250 g/mol. The summed E-state index contributed by atoms with van der Waals surface area (Å²) in [6, 6.07) is 5.45. The highest BCUT2D eigenvalue weighted by Gasteiger charge is 2.10. The fourth-order valence-corrected chi connectivity index (χ4v) is 1.87. The molecule has 100 valence electrons. The molecule has 0 radical (unpaired) electrons. The third-order valence-corrected chi connectivity index (χ3v) is 2.93. The zero-order valence-electron chi connectivity index (χ0n) is 10.9. The highest BCUT2D eigenvalue weighted by atomic mass is 35.5. The van der Waals surface area contributed by atoms with Gasteiger partial charge in [0, 0.05) is 23.8 Å². The van der Waals surface area contributed by atoms with Crippen molar-refractivity contribution in [3.05, 3.63) is 28.8 Å². The fraction of sp³-hybridized carbons (Fsp3) is 0.462. The van der Waals surface area contributed by atoms with Gasteiger partial charge in [-0.3, -0.25) is 9.69 Å². The van der Waals surface area contributed by atoms with Crippen molar-refractivity contribution in [2.24, 2.45) is 0 Å². The summed E-state index contributed by atoms with van der Waals surface area (Å²) >= 11 is 5.86. The number of rotatable bonds is 6. The summed E-state index contributed by atoms with van der Waals surface area (Å²) in [5, 5.41) is 3.41. The first-order valence-corrected chi connectivity index (χ1v) is 6.47. The zero-order valence-corrected chi connectivity index (χ0v) is 11.6. The summed E-state index contributed by atoms with van der Waals surface area (Å²) in [5.74, 6) is 0.0342. The first-order chi connectivity index (χ1) is 8.56. The van der Waals surface area contributed by atoms with E-state index in [1.54, 1.807) is 6.07 Å². The Morgan fingerprint density at radius 2 is 2.17 bits per heavy atom. The molecule has 0 unspecified atom stereocenters. The van der Waals surface area contributed by atoms with E-state index in [-0.39, 0.29) is 5.91 Å². The molecule has 0 heterocycles. The molecule has 18 heavy (non-hydrogen) atoms. The minimum atomic E-state index is 0.0342. The van der Waals surface area contributed by atoms with Crippen LogP contribution in [0.3, 0.4) is 0 Å². The Kier molecular flexibility index (Phi) is 5.95. The number of benzene rings is 1. The van der Waals surface area contributed by atoms with Crippen LogP contribution >= 0.6 is 11.6 Å². The standard InChI is InChI=1S/C13H20ClN3O/c1-3-16-13(18)9-17(4-2)8-10-5-6-11(14)7-12(10)15/h5-7H,3-4,8-9,15H2,1-2H3,(H,16,18). The molecule has 5 heteroatoms. The average Bonchev–Trinajstić information content (AvgIpc) is 2.31. The Labute approximate surface area is 113 Å². The van der Waals surface area contributed by atoms with E-state index in [2.05, 4.69) is 5.32 Å². The van der Waals surface area contributed by atoms with Crippen LogP contribution in [0, 0.1) is 0 Å². The molecule has 0 saturated carbocycles. The molecule has 0 aliphatic heterocycles. The second-order valence-electron chi connectivity index (χ2n) is 4.10. The van der Waals surface area contributed by atoms with Gasteiger partial charge in [-0.05, 0) is 31.2 Å². The van der Waals surface area contributed by atoms with Crippen LogP contribution in [0.15, 0.2) is 18.2 Å². The molecule has 0 fully saturated rings. The van der Waals surface area contributed by atoms with E-state index in [0.29, 0.717) is 30.3 Å². The predicted octanol–water partition coefficient (Wildman–Crippen LogP) is 1.88. The highest BCUT2D eigenvalue weighted by Crippen LogP contribution is 2.19. The van der Waals surface area contributed by atoms with Gasteiger partial charge in [-0.25, -0.2) is 0 Å². The number of amides is 1. The van der Waals surface area contributed by atoms with E-state index in [9.17, 15) is 4.79 Å². The maximum absolute atomic E-state index is 11.5. The molecule has 0 aliphatic rings. The van der Waals surface area contributed by atoms with E-state index in [4.69, 9.17) is 17.3 Å². The van der Waals surface area contributed by atoms with E-state index < -0.39 is 0 Å². The quantitative estimate of drug-likeness (QED) is 0.776. The number of likely N-dealkylation sites (N-methyl/N-ethyl adjacent to an activating group) is 2. The van der Waals surface area contributed by atoms with Gasteiger partial charge in [-0.1, -0.05) is 24.6 Å². The third kappa shape index (κ3) is 4.55. The Bertz CT molecular complexity index is 409. The molecule has 1 aromatic carbocycles. The van der Waals surface area contributed by atoms with E-state index >= 15 is 0 Å². The van der Waals surface area contributed by atoms with E-state index in [0.717, 1.165) is 12.1 Å². The lowest BCUT2D eigenvalue weighted by atomic mass is 10.1. The molecule has 0 saturated heterocycles. The molecule has 0 aliphatic carbocycles. The number of nitrogens with zero attached hydrogens (tertiary/aromatic N) is 1. The monoisotopic (exact) mass is 269 g/mol. The lowest BCUT2D eigenvalue weighted by Crippen LogP contribution is -2.36. The molecule has 4 nitrogen and oxygen atoms in total. The summed E-state index contributed by atoms with van der Waals surface area (Å²) in [7, 11) is 0. The number of nitrogens with one attached hydrogen (secondary N) is 1. The summed E-state index contributed by atoms with van der Waals surface area (Å²) in [6.45, 7) is 6.40. The van der Waals surface area contributed by atoms with Crippen LogP contribution in [0.5, 0.6) is 0 Å². The van der Waals surface area contributed by atoms with Gasteiger partial charge < -0.3 is 11.1 Å². The number of carbonyl (C=O) groups is 1. The van der Waals surface area contributed by atoms with Crippen LogP contribution in [-0.2, 0) is 11.3 Å². The maximum Gasteiger partial charge on any atom is 0.234 e. The number of nitrogens with two attached hydrogens (primary N) is 1.